The molecular formula is C14H15BrFN3O. The predicted octanol–water partition coefficient (Wildman–Crippen LogP) is 3.90. The van der Waals surface area contributed by atoms with Gasteiger partial charge in [-0.25, -0.2) is 4.39 Å². The third kappa shape index (κ3) is 2.99. The van der Waals surface area contributed by atoms with Crippen molar-refractivity contribution in [3.05, 3.63) is 34.2 Å². The van der Waals surface area contributed by atoms with Gasteiger partial charge in [0, 0.05) is 18.7 Å². The second-order valence-corrected chi connectivity index (χ2v) is 4.39. The molecule has 0 aliphatic rings. The molecule has 0 fully saturated rings. The Bertz CT molecular complexity index is 647. The topological polar surface area (TPSA) is 50.8 Å². The number of benzene rings is 1. The molecule has 0 radical (unpaired) electrons. The average molecular weight is 340 g/mol. The molecule has 4 nitrogen and oxygen atoms in total. The van der Waals surface area contributed by atoms with E-state index in [1.807, 2.05) is 19.9 Å². The molecule has 0 amide bonds. The Morgan fingerprint density at radius 1 is 1.40 bits per heavy atom. The molecule has 2 rings (SSSR count). The van der Waals surface area contributed by atoms with E-state index >= 15 is 0 Å². The van der Waals surface area contributed by atoms with Gasteiger partial charge in [-0.2, -0.15) is 10.4 Å². The number of ether oxygens (including phenoxy) is 1. The Labute approximate surface area is 125 Å². The summed E-state index contributed by atoms with van der Waals surface area (Å²) in [5, 5.41) is 13.1. The molecular weight excluding hydrogens is 325 g/mol. The summed E-state index contributed by atoms with van der Waals surface area (Å²) in [6.45, 7) is 4.00. The third-order valence-electron chi connectivity index (χ3n) is 2.53. The summed E-state index contributed by atoms with van der Waals surface area (Å²) in [6.07, 6.45) is 0. The van der Waals surface area contributed by atoms with E-state index in [1.165, 1.54) is 17.9 Å². The molecule has 0 N–H and O–H groups in total. The Kier molecular flexibility index (Phi) is 5.71. The maximum Gasteiger partial charge on any atom is 0.153 e. The molecule has 0 saturated carbocycles. The molecule has 0 aliphatic carbocycles. The van der Waals surface area contributed by atoms with Gasteiger partial charge in [-0.3, -0.25) is 4.68 Å². The zero-order valence-electron chi connectivity index (χ0n) is 11.7. The molecule has 0 aliphatic heterocycles. The first-order chi connectivity index (χ1) is 9.58. The van der Waals surface area contributed by atoms with Gasteiger partial charge in [-0.15, -0.1) is 0 Å². The minimum absolute atomic E-state index is 0.319. The Morgan fingerprint density at radius 3 is 2.50 bits per heavy atom. The molecule has 0 atom stereocenters. The smallest absolute Gasteiger partial charge is 0.153 e. The number of nitriles is 1. The van der Waals surface area contributed by atoms with E-state index in [1.54, 1.807) is 19.2 Å². The molecule has 6 heteroatoms. The van der Waals surface area contributed by atoms with E-state index in [-0.39, 0.29) is 0 Å². The number of methoxy groups -OCH3 is 1. The lowest BCUT2D eigenvalue weighted by Crippen LogP contribution is -1.94. The lowest BCUT2D eigenvalue weighted by Gasteiger charge is -2.03. The summed E-state index contributed by atoms with van der Waals surface area (Å²) in [7, 11) is 3.10. The van der Waals surface area contributed by atoms with E-state index in [0.29, 0.717) is 27.2 Å². The van der Waals surface area contributed by atoms with Gasteiger partial charge >= 0.3 is 0 Å². The molecule has 2 aromatic rings. The van der Waals surface area contributed by atoms with Crippen LogP contribution in [-0.2, 0) is 7.05 Å². The van der Waals surface area contributed by atoms with Gasteiger partial charge in [0.15, 0.2) is 5.69 Å². The Balaban J connectivity index is 0.000000956. The van der Waals surface area contributed by atoms with Gasteiger partial charge in [0.05, 0.1) is 11.6 Å². The van der Waals surface area contributed by atoms with Gasteiger partial charge in [0.25, 0.3) is 0 Å². The number of rotatable bonds is 2. The highest BCUT2D eigenvalue weighted by Gasteiger charge is 2.18. The lowest BCUT2D eigenvalue weighted by molar-refractivity contribution is 0.411. The number of aromatic nitrogens is 2. The SMILES string of the molecule is CC.COc1ccc(-c2nn(C)c(C#N)c2Br)c(F)c1. The van der Waals surface area contributed by atoms with Crippen molar-refractivity contribution >= 4 is 15.9 Å². The quantitative estimate of drug-likeness (QED) is 0.833. The van der Waals surface area contributed by atoms with Crippen molar-refractivity contribution < 1.29 is 9.13 Å². The summed E-state index contributed by atoms with van der Waals surface area (Å²) < 4.78 is 20.7. The Hall–Kier alpha value is -1.87. The first-order valence-electron chi connectivity index (χ1n) is 6.05. The summed E-state index contributed by atoms with van der Waals surface area (Å²) in [5.74, 6) is -0.0125. The zero-order valence-corrected chi connectivity index (χ0v) is 13.3. The van der Waals surface area contributed by atoms with Gasteiger partial charge in [0.2, 0.25) is 0 Å². The van der Waals surface area contributed by atoms with Crippen molar-refractivity contribution in [1.82, 2.24) is 9.78 Å². The number of hydrogen-bond acceptors (Lipinski definition) is 3. The van der Waals surface area contributed by atoms with Gasteiger partial charge in [0.1, 0.15) is 23.3 Å². The molecule has 106 valence electrons. The van der Waals surface area contributed by atoms with E-state index < -0.39 is 5.82 Å². The monoisotopic (exact) mass is 339 g/mol. The van der Waals surface area contributed by atoms with Gasteiger partial charge in [-0.05, 0) is 28.1 Å². The average Bonchev–Trinajstić information content (AvgIpc) is 2.75. The molecule has 0 unspecified atom stereocenters. The van der Waals surface area contributed by atoms with Crippen LogP contribution in [0.5, 0.6) is 5.75 Å². The minimum atomic E-state index is -0.447. The number of halogens is 2. The molecule has 0 saturated heterocycles. The van der Waals surface area contributed by atoms with E-state index in [9.17, 15) is 4.39 Å². The summed E-state index contributed by atoms with van der Waals surface area (Å²) in [5.41, 5.74) is 1.06. The van der Waals surface area contributed by atoms with E-state index in [2.05, 4.69) is 21.0 Å². The van der Waals surface area contributed by atoms with Crippen LogP contribution in [0, 0.1) is 17.1 Å². The first-order valence-corrected chi connectivity index (χ1v) is 6.84. The van der Waals surface area contributed by atoms with Gasteiger partial charge < -0.3 is 4.74 Å². The van der Waals surface area contributed by atoms with Crippen LogP contribution in [0.1, 0.15) is 19.5 Å². The van der Waals surface area contributed by atoms with E-state index in [0.717, 1.165) is 0 Å². The third-order valence-corrected chi connectivity index (χ3v) is 3.28. The highest BCUT2D eigenvalue weighted by Crippen LogP contribution is 2.32. The van der Waals surface area contributed by atoms with Crippen LogP contribution >= 0.6 is 15.9 Å². The van der Waals surface area contributed by atoms with Crippen molar-refractivity contribution in [2.24, 2.45) is 7.05 Å². The maximum absolute atomic E-state index is 13.9. The zero-order chi connectivity index (χ0) is 15.3. The fourth-order valence-electron chi connectivity index (χ4n) is 1.61. The molecule has 20 heavy (non-hydrogen) atoms. The summed E-state index contributed by atoms with van der Waals surface area (Å²) in [6, 6.07) is 6.50. The fourth-order valence-corrected chi connectivity index (χ4v) is 2.24. The molecule has 1 heterocycles. The van der Waals surface area contributed by atoms with Crippen LogP contribution in [0.25, 0.3) is 11.3 Å². The van der Waals surface area contributed by atoms with E-state index in [4.69, 9.17) is 10.00 Å². The normalized spacial score (nSPS) is 9.45. The molecule has 1 aromatic heterocycles. The second-order valence-electron chi connectivity index (χ2n) is 3.59. The van der Waals surface area contributed by atoms with Crippen molar-refractivity contribution in [1.29, 1.82) is 5.26 Å². The second kappa shape index (κ2) is 7.06. The van der Waals surface area contributed by atoms with Crippen LogP contribution < -0.4 is 4.74 Å². The van der Waals surface area contributed by atoms with Crippen molar-refractivity contribution in [3.63, 3.8) is 0 Å². The standard InChI is InChI=1S/C12H9BrFN3O.C2H6/c1-17-10(6-15)11(13)12(16-17)8-4-3-7(18-2)5-9(8)14;1-2/h3-5H,1-2H3;1-2H3. The van der Waals surface area contributed by atoms with Crippen LogP contribution in [0.15, 0.2) is 22.7 Å². The highest BCUT2D eigenvalue weighted by molar-refractivity contribution is 9.10. The lowest BCUT2D eigenvalue weighted by atomic mass is 10.1. The largest absolute Gasteiger partial charge is 0.497 e. The highest BCUT2D eigenvalue weighted by atomic mass is 79.9. The number of hydrogen-bond donors (Lipinski definition) is 0. The molecule has 0 spiro atoms. The first kappa shape index (κ1) is 16.2. The van der Waals surface area contributed by atoms with Crippen LogP contribution in [0.2, 0.25) is 0 Å². The number of aryl methyl sites for hydroxylation is 1. The maximum atomic E-state index is 13.9. The summed E-state index contributed by atoms with van der Waals surface area (Å²) >= 11 is 3.26. The van der Waals surface area contributed by atoms with Crippen LogP contribution in [0.3, 0.4) is 0 Å². The van der Waals surface area contributed by atoms with Crippen molar-refractivity contribution in [2.45, 2.75) is 13.8 Å². The Morgan fingerprint density at radius 2 is 2.05 bits per heavy atom. The fraction of sp³-hybridized carbons (Fsp3) is 0.286. The minimum Gasteiger partial charge on any atom is -0.497 e. The van der Waals surface area contributed by atoms with Gasteiger partial charge in [-0.1, -0.05) is 13.8 Å². The predicted molar refractivity (Wildman–Crippen MR) is 78.9 cm³/mol. The van der Waals surface area contributed by atoms with Crippen molar-refractivity contribution in [2.75, 3.05) is 7.11 Å². The number of nitrogens with zero attached hydrogens (tertiary/aromatic N) is 3. The molecule has 1 aromatic carbocycles. The van der Waals surface area contributed by atoms with Crippen LogP contribution in [-0.4, -0.2) is 16.9 Å². The van der Waals surface area contributed by atoms with Crippen molar-refractivity contribution in [3.8, 4) is 23.1 Å². The van der Waals surface area contributed by atoms with Crippen LogP contribution in [0.4, 0.5) is 4.39 Å². The summed E-state index contributed by atoms with van der Waals surface area (Å²) in [4.78, 5) is 0. The molecule has 0 bridgehead atoms.